The van der Waals surface area contributed by atoms with E-state index in [1.807, 2.05) is 44.2 Å². The molecule has 1 aliphatic rings. The van der Waals surface area contributed by atoms with Crippen LogP contribution in [0.15, 0.2) is 42.6 Å². The van der Waals surface area contributed by atoms with Gasteiger partial charge in [0.05, 0.1) is 0 Å². The highest BCUT2D eigenvalue weighted by atomic mass is 16.5. The molecular weight excluding hydrogens is 318 g/mol. The van der Waals surface area contributed by atoms with Crippen LogP contribution < -0.4 is 4.74 Å². The number of nitrogens with zero attached hydrogens (tertiary/aromatic N) is 3. The minimum atomic E-state index is -0.898. The number of carbonyl (C=O) groups excluding carboxylic acids is 1. The average Bonchev–Trinajstić information content (AvgIpc) is 3.11. The Balaban J connectivity index is 1.57. The summed E-state index contributed by atoms with van der Waals surface area (Å²) in [6, 6.07) is 11.4. The van der Waals surface area contributed by atoms with E-state index in [4.69, 9.17) is 4.74 Å². The lowest BCUT2D eigenvalue weighted by Crippen LogP contribution is -2.49. The number of rotatable bonds is 5. The Kier molecular flexibility index (Phi) is 5.08. The molecule has 2 heterocycles. The molecule has 0 unspecified atom stereocenters. The normalized spacial score (nSPS) is 16.9. The zero-order chi connectivity index (χ0) is 17.9. The fraction of sp³-hybridized carbons (Fsp3) is 0.474. The molecular formula is C19H25N3O3. The molecule has 0 bridgehead atoms. The van der Waals surface area contributed by atoms with Crippen LogP contribution in [0.25, 0.3) is 0 Å². The lowest BCUT2D eigenvalue weighted by Gasteiger charge is -2.38. The molecule has 6 heteroatoms. The highest BCUT2D eigenvalue weighted by Gasteiger charge is 2.35. The van der Waals surface area contributed by atoms with E-state index in [1.165, 1.54) is 0 Å². The van der Waals surface area contributed by atoms with Gasteiger partial charge in [-0.05, 0) is 44.9 Å². The molecule has 1 aromatic heterocycles. The highest BCUT2D eigenvalue weighted by Crippen LogP contribution is 2.25. The van der Waals surface area contributed by atoms with Crippen molar-refractivity contribution in [1.29, 1.82) is 0 Å². The predicted octanol–water partition coefficient (Wildman–Crippen LogP) is 2.51. The smallest absolute Gasteiger partial charge is 0.272 e. The summed E-state index contributed by atoms with van der Waals surface area (Å²) < 4.78 is 7.44. The van der Waals surface area contributed by atoms with Gasteiger partial charge in [0.15, 0.2) is 0 Å². The van der Waals surface area contributed by atoms with Gasteiger partial charge < -0.3 is 14.7 Å². The summed E-state index contributed by atoms with van der Waals surface area (Å²) in [5.74, 6) is 0.715. The topological polar surface area (TPSA) is 67.6 Å². The van der Waals surface area contributed by atoms with Gasteiger partial charge in [0.25, 0.3) is 5.91 Å². The van der Waals surface area contributed by atoms with Crippen LogP contribution >= 0.6 is 0 Å². The van der Waals surface area contributed by atoms with Crippen LogP contribution in [0.3, 0.4) is 0 Å². The molecule has 1 aliphatic heterocycles. The van der Waals surface area contributed by atoms with Crippen molar-refractivity contribution < 1.29 is 14.6 Å². The second kappa shape index (κ2) is 7.27. The number of carbonyl (C=O) groups is 1. The largest absolute Gasteiger partial charge is 0.491 e. The molecule has 25 heavy (non-hydrogen) atoms. The molecule has 0 aliphatic carbocycles. The van der Waals surface area contributed by atoms with E-state index in [1.54, 1.807) is 21.8 Å². The predicted molar refractivity (Wildman–Crippen MR) is 94.6 cm³/mol. The summed E-state index contributed by atoms with van der Waals surface area (Å²) in [5.41, 5.74) is -0.300. The number of aromatic nitrogens is 2. The van der Waals surface area contributed by atoms with Gasteiger partial charge in [-0.25, -0.2) is 0 Å². The molecule has 1 amide bonds. The van der Waals surface area contributed by atoms with E-state index in [9.17, 15) is 9.90 Å². The van der Waals surface area contributed by atoms with Gasteiger partial charge >= 0.3 is 0 Å². The van der Waals surface area contributed by atoms with Crippen molar-refractivity contribution in [2.24, 2.45) is 0 Å². The zero-order valence-corrected chi connectivity index (χ0v) is 14.8. The molecule has 0 spiro atoms. The van der Waals surface area contributed by atoms with Gasteiger partial charge in [-0.2, -0.15) is 5.10 Å². The second-order valence-electron chi connectivity index (χ2n) is 6.87. The van der Waals surface area contributed by atoms with Crippen molar-refractivity contribution in [3.8, 4) is 5.75 Å². The van der Waals surface area contributed by atoms with Crippen LogP contribution in [0.4, 0.5) is 0 Å². The Hall–Kier alpha value is -2.34. The van der Waals surface area contributed by atoms with Crippen LogP contribution in [0.5, 0.6) is 5.75 Å². The number of hydrogen-bond acceptors (Lipinski definition) is 4. The lowest BCUT2D eigenvalue weighted by atomic mass is 9.92. The molecule has 0 radical (unpaired) electrons. The molecule has 1 aromatic carbocycles. The summed E-state index contributed by atoms with van der Waals surface area (Å²) >= 11 is 0. The van der Waals surface area contributed by atoms with Crippen molar-refractivity contribution in [2.75, 3.05) is 19.7 Å². The van der Waals surface area contributed by atoms with Crippen molar-refractivity contribution >= 4 is 5.91 Å². The Morgan fingerprint density at radius 3 is 2.56 bits per heavy atom. The van der Waals surface area contributed by atoms with Crippen molar-refractivity contribution in [3.05, 3.63) is 48.3 Å². The number of ether oxygens (including phenoxy) is 1. The first kappa shape index (κ1) is 17.5. The van der Waals surface area contributed by atoms with Gasteiger partial charge in [0.1, 0.15) is 23.7 Å². The number of hydrogen-bond donors (Lipinski definition) is 1. The van der Waals surface area contributed by atoms with Gasteiger partial charge in [0.2, 0.25) is 0 Å². The number of likely N-dealkylation sites (tertiary alicyclic amines) is 1. The summed E-state index contributed by atoms with van der Waals surface area (Å²) in [6.45, 7) is 5.26. The van der Waals surface area contributed by atoms with E-state index in [0.717, 1.165) is 5.75 Å². The maximum Gasteiger partial charge on any atom is 0.272 e. The first-order chi connectivity index (χ1) is 12.0. The third-order valence-electron chi connectivity index (χ3n) is 4.61. The number of amides is 1. The van der Waals surface area contributed by atoms with Gasteiger partial charge in [-0.3, -0.25) is 9.48 Å². The molecule has 1 saturated heterocycles. The molecule has 134 valence electrons. The molecule has 6 nitrogen and oxygen atoms in total. The molecule has 1 fully saturated rings. The van der Waals surface area contributed by atoms with Crippen molar-refractivity contribution in [3.63, 3.8) is 0 Å². The molecule has 3 rings (SSSR count). The summed E-state index contributed by atoms with van der Waals surface area (Å²) in [4.78, 5) is 14.5. The van der Waals surface area contributed by atoms with Gasteiger partial charge in [-0.15, -0.1) is 0 Å². The molecule has 0 atom stereocenters. The molecule has 0 saturated carbocycles. The maximum absolute atomic E-state index is 12.7. The quantitative estimate of drug-likeness (QED) is 0.906. The van der Waals surface area contributed by atoms with E-state index in [0.29, 0.717) is 31.6 Å². The van der Waals surface area contributed by atoms with Gasteiger partial charge in [0, 0.05) is 25.3 Å². The van der Waals surface area contributed by atoms with E-state index in [2.05, 4.69) is 5.10 Å². The van der Waals surface area contributed by atoms with Gasteiger partial charge in [-0.1, -0.05) is 18.2 Å². The monoisotopic (exact) mass is 343 g/mol. The van der Waals surface area contributed by atoms with Crippen LogP contribution in [-0.4, -0.2) is 51.0 Å². The third-order valence-corrected chi connectivity index (χ3v) is 4.61. The minimum Gasteiger partial charge on any atom is -0.491 e. The number of aliphatic hydroxyl groups is 1. The molecule has 2 aromatic rings. The van der Waals surface area contributed by atoms with Crippen LogP contribution in [-0.2, 0) is 0 Å². The van der Waals surface area contributed by atoms with E-state index in [-0.39, 0.29) is 18.6 Å². The lowest BCUT2D eigenvalue weighted by molar-refractivity contribution is -0.0477. The maximum atomic E-state index is 12.7. The minimum absolute atomic E-state index is 0.0303. The fourth-order valence-electron chi connectivity index (χ4n) is 3.06. The second-order valence-corrected chi connectivity index (χ2v) is 6.87. The van der Waals surface area contributed by atoms with Crippen LogP contribution in [0, 0.1) is 0 Å². The van der Waals surface area contributed by atoms with E-state index < -0.39 is 5.60 Å². The average molecular weight is 343 g/mol. The summed E-state index contributed by atoms with van der Waals surface area (Å²) in [6.07, 6.45) is 2.66. The Morgan fingerprint density at radius 1 is 1.24 bits per heavy atom. The highest BCUT2D eigenvalue weighted by molar-refractivity contribution is 5.92. The first-order valence-electron chi connectivity index (χ1n) is 8.71. The van der Waals surface area contributed by atoms with E-state index >= 15 is 0 Å². The van der Waals surface area contributed by atoms with Crippen LogP contribution in [0.2, 0.25) is 0 Å². The van der Waals surface area contributed by atoms with Crippen LogP contribution in [0.1, 0.15) is 43.2 Å². The Labute approximate surface area is 148 Å². The summed E-state index contributed by atoms with van der Waals surface area (Å²) in [5, 5.41) is 14.9. The summed E-state index contributed by atoms with van der Waals surface area (Å²) in [7, 11) is 0. The molecule has 1 N–H and O–H groups in total. The Bertz CT molecular complexity index is 704. The SMILES string of the molecule is CC(C)n1nccc1C(=O)N1CCC(O)(COc2ccccc2)CC1. The fourth-order valence-corrected chi connectivity index (χ4v) is 3.06. The standard InChI is InChI=1S/C19H25N3O3/c1-15(2)22-17(8-11-20-22)18(23)21-12-9-19(24,10-13-21)14-25-16-6-4-3-5-7-16/h3-8,11,15,24H,9-10,12-14H2,1-2H3. The van der Waals surface area contributed by atoms with Crippen molar-refractivity contribution in [2.45, 2.75) is 38.3 Å². The first-order valence-corrected chi connectivity index (χ1v) is 8.71. The van der Waals surface area contributed by atoms with Crippen molar-refractivity contribution in [1.82, 2.24) is 14.7 Å². The number of piperidine rings is 1. The Morgan fingerprint density at radius 2 is 1.92 bits per heavy atom. The third kappa shape index (κ3) is 4.02. The number of benzene rings is 1. The number of para-hydroxylation sites is 1. The zero-order valence-electron chi connectivity index (χ0n) is 14.8.